The molecule has 0 aromatic heterocycles. The first kappa shape index (κ1) is 12.5. The molecule has 1 rings (SSSR count). The minimum absolute atomic E-state index is 0.352. The molecular formula is C12H11ClO3. The van der Waals surface area contributed by atoms with Crippen LogP contribution in [-0.4, -0.2) is 16.3 Å². The van der Waals surface area contributed by atoms with Crippen molar-refractivity contribution in [2.75, 3.05) is 0 Å². The predicted molar refractivity (Wildman–Crippen MR) is 62.1 cm³/mol. The van der Waals surface area contributed by atoms with E-state index in [-0.39, 0.29) is 5.57 Å². The second-order valence-electron chi connectivity index (χ2n) is 3.15. The smallest absolute Gasteiger partial charge is 0.340 e. The molecule has 3 nitrogen and oxygen atoms in total. The maximum absolute atomic E-state index is 11.1. The summed E-state index contributed by atoms with van der Waals surface area (Å²) in [5.74, 6) is -1.29. The zero-order valence-electron chi connectivity index (χ0n) is 8.74. The maximum atomic E-state index is 11.1. The number of allylic oxidation sites excluding steroid dienone is 1. The lowest BCUT2D eigenvalue weighted by atomic mass is 9.98. The Bertz CT molecular complexity index is 419. The highest BCUT2D eigenvalue weighted by molar-refractivity contribution is 6.71. The third kappa shape index (κ3) is 2.70. The average Bonchev–Trinajstić information content (AvgIpc) is 2.25. The Morgan fingerprint density at radius 3 is 2.19 bits per heavy atom. The van der Waals surface area contributed by atoms with Crippen molar-refractivity contribution in [2.24, 2.45) is 0 Å². The van der Waals surface area contributed by atoms with Crippen molar-refractivity contribution < 1.29 is 14.7 Å². The van der Waals surface area contributed by atoms with Gasteiger partial charge in [0.15, 0.2) is 0 Å². The van der Waals surface area contributed by atoms with Crippen molar-refractivity contribution in [3.05, 3.63) is 41.5 Å². The third-order valence-electron chi connectivity index (χ3n) is 2.19. The minimum Gasteiger partial charge on any atom is -0.478 e. The van der Waals surface area contributed by atoms with E-state index in [4.69, 9.17) is 16.7 Å². The van der Waals surface area contributed by atoms with Crippen molar-refractivity contribution in [3.63, 3.8) is 0 Å². The van der Waals surface area contributed by atoms with Gasteiger partial charge >= 0.3 is 5.97 Å². The summed E-state index contributed by atoms with van der Waals surface area (Å²) in [6.45, 7) is 1.78. The number of carbonyl (C=O) groups excluding carboxylic acids is 1. The summed E-state index contributed by atoms with van der Waals surface area (Å²) in [6, 6.07) is 8.88. The number of hydrogen-bond donors (Lipinski definition) is 1. The highest BCUT2D eigenvalue weighted by Gasteiger charge is 2.20. The van der Waals surface area contributed by atoms with E-state index in [0.717, 1.165) is 0 Å². The standard InChI is InChI=1S/C12H11ClO3/c1-2-9(8-6-4-3-5-7-8)10(11(13)14)12(15)16/h3-7H,2H2,1H3,(H,15,16)/b10-9-. The molecule has 4 heteroatoms. The van der Waals surface area contributed by atoms with Gasteiger partial charge in [0.25, 0.3) is 5.24 Å². The third-order valence-corrected chi connectivity index (χ3v) is 2.38. The van der Waals surface area contributed by atoms with Crippen LogP contribution in [0, 0.1) is 0 Å². The van der Waals surface area contributed by atoms with E-state index in [1.807, 2.05) is 6.07 Å². The lowest BCUT2D eigenvalue weighted by Gasteiger charge is -2.07. The normalized spacial score (nSPS) is 11.9. The molecule has 1 N–H and O–H groups in total. The minimum atomic E-state index is -1.29. The van der Waals surface area contributed by atoms with Gasteiger partial charge < -0.3 is 5.11 Å². The molecule has 1 aromatic carbocycles. The number of aliphatic carboxylic acids is 1. The summed E-state index contributed by atoms with van der Waals surface area (Å²) in [4.78, 5) is 22.0. The largest absolute Gasteiger partial charge is 0.478 e. The van der Waals surface area contributed by atoms with E-state index in [1.54, 1.807) is 31.2 Å². The number of rotatable bonds is 4. The van der Waals surface area contributed by atoms with Crippen LogP contribution in [0.3, 0.4) is 0 Å². The summed E-state index contributed by atoms with van der Waals surface area (Å²) >= 11 is 5.28. The molecule has 0 aliphatic rings. The Morgan fingerprint density at radius 2 is 1.81 bits per heavy atom. The van der Waals surface area contributed by atoms with E-state index in [2.05, 4.69) is 0 Å². The highest BCUT2D eigenvalue weighted by atomic mass is 35.5. The summed E-state index contributed by atoms with van der Waals surface area (Å²) in [6.07, 6.45) is 0.435. The molecule has 0 unspecified atom stereocenters. The predicted octanol–water partition coefficient (Wildman–Crippen LogP) is 2.70. The second-order valence-corrected chi connectivity index (χ2v) is 3.50. The number of carboxylic acids is 1. The molecule has 84 valence electrons. The monoisotopic (exact) mass is 238 g/mol. The zero-order chi connectivity index (χ0) is 12.1. The molecule has 0 bridgehead atoms. The fraction of sp³-hybridized carbons (Fsp3) is 0.167. The molecule has 0 aliphatic carbocycles. The van der Waals surface area contributed by atoms with Crippen LogP contribution < -0.4 is 0 Å². The van der Waals surface area contributed by atoms with Crippen LogP contribution in [0.5, 0.6) is 0 Å². The average molecular weight is 239 g/mol. The number of halogens is 1. The number of carboxylic acid groups (broad SMARTS) is 1. The molecule has 0 saturated carbocycles. The summed E-state index contributed by atoms with van der Waals surface area (Å²) in [5, 5.41) is 8.01. The van der Waals surface area contributed by atoms with E-state index in [9.17, 15) is 9.59 Å². The van der Waals surface area contributed by atoms with Gasteiger partial charge in [0.05, 0.1) is 0 Å². The highest BCUT2D eigenvalue weighted by Crippen LogP contribution is 2.23. The second kappa shape index (κ2) is 5.47. The molecular weight excluding hydrogens is 228 g/mol. The first-order valence-electron chi connectivity index (χ1n) is 4.79. The quantitative estimate of drug-likeness (QED) is 0.380. The summed E-state index contributed by atoms with van der Waals surface area (Å²) < 4.78 is 0. The fourth-order valence-electron chi connectivity index (χ4n) is 1.50. The van der Waals surface area contributed by atoms with Crippen LogP contribution in [0.15, 0.2) is 35.9 Å². The van der Waals surface area contributed by atoms with Crippen molar-refractivity contribution in [1.82, 2.24) is 0 Å². The zero-order valence-corrected chi connectivity index (χ0v) is 9.49. The van der Waals surface area contributed by atoms with Crippen molar-refractivity contribution >= 4 is 28.4 Å². The summed E-state index contributed by atoms with van der Waals surface area (Å²) in [5.41, 5.74) is 0.805. The maximum Gasteiger partial charge on any atom is 0.340 e. The molecule has 0 heterocycles. The lowest BCUT2D eigenvalue weighted by molar-refractivity contribution is -0.133. The van der Waals surface area contributed by atoms with Gasteiger partial charge in [0, 0.05) is 0 Å². The van der Waals surface area contributed by atoms with Gasteiger partial charge in [-0.05, 0) is 29.2 Å². The van der Waals surface area contributed by atoms with Gasteiger partial charge in [0.2, 0.25) is 0 Å². The van der Waals surface area contributed by atoms with Crippen LogP contribution in [-0.2, 0) is 9.59 Å². The van der Waals surface area contributed by atoms with E-state index in [1.165, 1.54) is 0 Å². The van der Waals surface area contributed by atoms with Gasteiger partial charge in [-0.15, -0.1) is 0 Å². The van der Waals surface area contributed by atoms with E-state index >= 15 is 0 Å². The number of carbonyl (C=O) groups is 2. The van der Waals surface area contributed by atoms with Crippen molar-refractivity contribution in [3.8, 4) is 0 Å². The van der Waals surface area contributed by atoms with Crippen LogP contribution >= 0.6 is 11.6 Å². The van der Waals surface area contributed by atoms with Crippen LogP contribution in [0.25, 0.3) is 5.57 Å². The Balaban J connectivity index is 3.38. The lowest BCUT2D eigenvalue weighted by Crippen LogP contribution is -2.10. The summed E-state index contributed by atoms with van der Waals surface area (Å²) in [7, 11) is 0. The Morgan fingerprint density at radius 1 is 1.25 bits per heavy atom. The first-order chi connectivity index (χ1) is 7.57. The molecule has 0 amide bonds. The molecule has 0 radical (unpaired) electrons. The Labute approximate surface area is 98.4 Å². The number of benzene rings is 1. The van der Waals surface area contributed by atoms with Crippen LogP contribution in [0.1, 0.15) is 18.9 Å². The van der Waals surface area contributed by atoms with Gasteiger partial charge in [0.1, 0.15) is 5.57 Å². The van der Waals surface area contributed by atoms with Crippen LogP contribution in [0.4, 0.5) is 0 Å². The van der Waals surface area contributed by atoms with Gasteiger partial charge in [-0.25, -0.2) is 4.79 Å². The fourth-order valence-corrected chi connectivity index (χ4v) is 1.69. The molecule has 0 fully saturated rings. The molecule has 16 heavy (non-hydrogen) atoms. The van der Waals surface area contributed by atoms with Crippen molar-refractivity contribution in [2.45, 2.75) is 13.3 Å². The molecule has 0 aliphatic heterocycles. The Hall–Kier alpha value is -1.61. The SMILES string of the molecule is CC/C(=C(/C(=O)O)C(=O)Cl)c1ccccc1. The van der Waals surface area contributed by atoms with Crippen LogP contribution in [0.2, 0.25) is 0 Å². The van der Waals surface area contributed by atoms with Gasteiger partial charge in [-0.1, -0.05) is 37.3 Å². The van der Waals surface area contributed by atoms with Crippen molar-refractivity contribution in [1.29, 1.82) is 0 Å². The molecule has 1 aromatic rings. The molecule has 0 saturated heterocycles. The Kier molecular flexibility index (Phi) is 4.26. The molecule has 0 atom stereocenters. The van der Waals surface area contributed by atoms with E-state index in [0.29, 0.717) is 17.6 Å². The first-order valence-corrected chi connectivity index (χ1v) is 5.17. The van der Waals surface area contributed by atoms with E-state index < -0.39 is 11.2 Å². The topological polar surface area (TPSA) is 54.4 Å². The number of hydrogen-bond acceptors (Lipinski definition) is 2. The van der Waals surface area contributed by atoms with Gasteiger partial charge in [-0.3, -0.25) is 4.79 Å². The molecule has 0 spiro atoms. The van der Waals surface area contributed by atoms with Gasteiger partial charge in [-0.2, -0.15) is 0 Å².